The molecule has 4 aliphatic rings. The van der Waals surface area contributed by atoms with E-state index in [2.05, 4.69) is 10.6 Å². The van der Waals surface area contributed by atoms with Crippen molar-refractivity contribution in [2.45, 2.75) is 68.7 Å². The molecular weight excluding hydrogens is 446 g/mol. The van der Waals surface area contributed by atoms with Gasteiger partial charge in [-0.2, -0.15) is 5.26 Å². The lowest BCUT2D eigenvalue weighted by Crippen LogP contribution is -2.69. The van der Waals surface area contributed by atoms with Crippen LogP contribution < -0.4 is 10.6 Å². The molecule has 3 amide bonds. The second kappa shape index (κ2) is 9.66. The number of halogens is 2. The van der Waals surface area contributed by atoms with Crippen LogP contribution in [0.3, 0.4) is 0 Å². The molecule has 1 saturated carbocycles. The summed E-state index contributed by atoms with van der Waals surface area (Å²) in [6.45, 7) is 0.556. The van der Waals surface area contributed by atoms with Gasteiger partial charge in [0.05, 0.1) is 12.0 Å². The van der Waals surface area contributed by atoms with E-state index in [1.807, 2.05) is 6.07 Å². The van der Waals surface area contributed by atoms with Crippen molar-refractivity contribution in [3.63, 3.8) is 0 Å². The Labute approximate surface area is 196 Å². The maximum atomic E-state index is 14.8. The van der Waals surface area contributed by atoms with Crippen LogP contribution in [0.4, 0.5) is 8.78 Å². The molecular formula is C24H28F2N4O4. The molecule has 1 aromatic carbocycles. The van der Waals surface area contributed by atoms with E-state index in [4.69, 9.17) is 0 Å². The zero-order chi connectivity index (χ0) is 24.5. The Morgan fingerprint density at radius 3 is 2.65 bits per heavy atom. The quantitative estimate of drug-likeness (QED) is 0.579. The van der Waals surface area contributed by atoms with E-state index in [-0.39, 0.29) is 18.7 Å². The highest BCUT2D eigenvalue weighted by atomic mass is 19.3. The lowest BCUT2D eigenvalue weighted by Gasteiger charge is -2.54. The number of piperidine rings is 3. The Kier molecular flexibility index (Phi) is 6.84. The number of nitrogens with one attached hydrogen (secondary N) is 2. The maximum Gasteiger partial charge on any atom is 0.256 e. The summed E-state index contributed by atoms with van der Waals surface area (Å²) < 4.78 is 29.6. The normalized spacial score (nSPS) is 29.5. The zero-order valence-electron chi connectivity index (χ0n) is 18.6. The minimum absolute atomic E-state index is 0.0587. The number of carbonyl (C=O) groups is 3. The second-order valence-corrected chi connectivity index (χ2v) is 9.36. The molecule has 8 nitrogen and oxygen atoms in total. The third-order valence-electron chi connectivity index (χ3n) is 7.20. The van der Waals surface area contributed by atoms with Crippen LogP contribution in [0.1, 0.15) is 50.2 Å². The molecule has 3 N–H and O–H groups in total. The predicted molar refractivity (Wildman–Crippen MR) is 116 cm³/mol. The van der Waals surface area contributed by atoms with Crippen molar-refractivity contribution in [2.75, 3.05) is 6.54 Å². The molecule has 1 aromatic rings. The molecule has 182 valence electrons. The van der Waals surface area contributed by atoms with Gasteiger partial charge in [0.25, 0.3) is 11.8 Å². The number of alkyl halides is 2. The minimum Gasteiger partial charge on any atom is -0.378 e. The van der Waals surface area contributed by atoms with E-state index < -0.39 is 60.2 Å². The van der Waals surface area contributed by atoms with E-state index in [0.29, 0.717) is 24.9 Å². The highest BCUT2D eigenvalue weighted by Gasteiger charge is 2.61. The SMILES string of the molecule is N#C[C@@H](C[C@H]1CCCNC1=O)NC(=O)[C@@H]1[C@@H]2CC[C@@H](CC2(F)F)N1C(=O)[C@H](O)c1ccccc1. The van der Waals surface area contributed by atoms with Crippen molar-refractivity contribution in [1.82, 2.24) is 15.5 Å². The lowest BCUT2D eigenvalue weighted by molar-refractivity contribution is -0.198. The third-order valence-corrected chi connectivity index (χ3v) is 7.20. The molecule has 6 atom stereocenters. The molecule has 0 spiro atoms. The number of fused-ring (bicyclic) bond motifs is 3. The second-order valence-electron chi connectivity index (χ2n) is 9.36. The van der Waals surface area contributed by atoms with Crippen molar-refractivity contribution >= 4 is 17.7 Å². The number of aliphatic hydroxyl groups is 1. The lowest BCUT2D eigenvalue weighted by atomic mass is 9.71. The van der Waals surface area contributed by atoms with Gasteiger partial charge < -0.3 is 20.6 Å². The first kappa shape index (κ1) is 24.1. The fourth-order valence-electron chi connectivity index (χ4n) is 5.49. The maximum absolute atomic E-state index is 14.8. The summed E-state index contributed by atoms with van der Waals surface area (Å²) in [6.07, 6.45) is -0.419. The van der Waals surface area contributed by atoms with Crippen LogP contribution in [-0.4, -0.2) is 58.3 Å². The molecule has 0 radical (unpaired) electrons. The molecule has 5 rings (SSSR count). The Balaban J connectivity index is 1.56. The van der Waals surface area contributed by atoms with E-state index in [9.17, 15) is 33.5 Å². The van der Waals surface area contributed by atoms with Gasteiger partial charge in [-0.15, -0.1) is 0 Å². The fourth-order valence-corrected chi connectivity index (χ4v) is 5.49. The standard InChI is InChI=1S/C24H28F2N4O4/c25-24(26)12-17-8-9-18(24)19(30(17)23(34)20(31)14-5-2-1-3-6-14)22(33)29-16(13-27)11-15-7-4-10-28-21(15)32/h1-3,5-6,15-20,31H,4,7-12H2,(H,28,32)(H,29,33)/t15-,16-,17+,18+,19+,20-/m1/s1. The molecule has 34 heavy (non-hydrogen) atoms. The van der Waals surface area contributed by atoms with Crippen molar-refractivity contribution in [3.05, 3.63) is 35.9 Å². The predicted octanol–water partition coefficient (Wildman–Crippen LogP) is 1.66. The van der Waals surface area contributed by atoms with Gasteiger partial charge in [-0.3, -0.25) is 14.4 Å². The number of amides is 3. The van der Waals surface area contributed by atoms with Crippen LogP contribution in [0.25, 0.3) is 0 Å². The molecule has 0 unspecified atom stereocenters. The number of hydrogen-bond acceptors (Lipinski definition) is 5. The van der Waals surface area contributed by atoms with Gasteiger partial charge in [0.1, 0.15) is 12.1 Å². The zero-order valence-corrected chi connectivity index (χ0v) is 18.6. The number of aliphatic hydroxyl groups excluding tert-OH is 1. The number of nitrogens with zero attached hydrogens (tertiary/aromatic N) is 2. The minimum atomic E-state index is -3.15. The van der Waals surface area contributed by atoms with Gasteiger partial charge in [0, 0.05) is 24.9 Å². The smallest absolute Gasteiger partial charge is 0.256 e. The van der Waals surface area contributed by atoms with Crippen molar-refractivity contribution in [3.8, 4) is 6.07 Å². The van der Waals surface area contributed by atoms with Gasteiger partial charge in [-0.25, -0.2) is 8.78 Å². The highest BCUT2D eigenvalue weighted by molar-refractivity contribution is 5.91. The summed E-state index contributed by atoms with van der Waals surface area (Å²) in [5.41, 5.74) is 0.304. The van der Waals surface area contributed by atoms with Crippen LogP contribution in [-0.2, 0) is 14.4 Å². The number of rotatable bonds is 6. The van der Waals surface area contributed by atoms with Crippen LogP contribution in [0.2, 0.25) is 0 Å². The summed E-state index contributed by atoms with van der Waals surface area (Å²) in [5, 5.41) is 25.5. The van der Waals surface area contributed by atoms with Gasteiger partial charge in [-0.1, -0.05) is 30.3 Å². The average Bonchev–Trinajstić information content (AvgIpc) is 2.83. The first-order valence-electron chi connectivity index (χ1n) is 11.6. The van der Waals surface area contributed by atoms with Crippen LogP contribution in [0.5, 0.6) is 0 Å². The summed E-state index contributed by atoms with van der Waals surface area (Å²) in [6, 6.07) is 6.58. The largest absolute Gasteiger partial charge is 0.378 e. The Morgan fingerprint density at radius 2 is 2.00 bits per heavy atom. The average molecular weight is 475 g/mol. The van der Waals surface area contributed by atoms with E-state index in [1.165, 1.54) is 0 Å². The van der Waals surface area contributed by atoms with Gasteiger partial charge >= 0.3 is 0 Å². The topological polar surface area (TPSA) is 123 Å². The molecule has 3 heterocycles. The van der Waals surface area contributed by atoms with E-state index >= 15 is 0 Å². The fraction of sp³-hybridized carbons (Fsp3) is 0.583. The van der Waals surface area contributed by atoms with Gasteiger partial charge in [0.15, 0.2) is 6.10 Å². The monoisotopic (exact) mass is 474 g/mol. The van der Waals surface area contributed by atoms with Crippen molar-refractivity contribution in [2.24, 2.45) is 11.8 Å². The molecule has 10 heteroatoms. The van der Waals surface area contributed by atoms with Gasteiger partial charge in [0.2, 0.25) is 11.8 Å². The highest BCUT2D eigenvalue weighted by Crippen LogP contribution is 2.49. The van der Waals surface area contributed by atoms with Crippen LogP contribution >= 0.6 is 0 Å². The summed E-state index contributed by atoms with van der Waals surface area (Å²) in [7, 11) is 0. The summed E-state index contributed by atoms with van der Waals surface area (Å²) in [5.74, 6) is -6.89. The first-order chi connectivity index (χ1) is 16.2. The van der Waals surface area contributed by atoms with E-state index in [1.54, 1.807) is 30.3 Å². The Morgan fingerprint density at radius 1 is 1.26 bits per heavy atom. The Bertz CT molecular complexity index is 983. The number of carbonyl (C=O) groups excluding carboxylic acids is 3. The van der Waals surface area contributed by atoms with Gasteiger partial charge in [-0.05, 0) is 37.7 Å². The molecule has 2 bridgehead atoms. The number of hydrogen-bond donors (Lipinski definition) is 3. The summed E-state index contributed by atoms with van der Waals surface area (Å²) in [4.78, 5) is 39.7. The molecule has 4 fully saturated rings. The Hall–Kier alpha value is -3.06. The van der Waals surface area contributed by atoms with Crippen LogP contribution in [0, 0.1) is 23.2 Å². The molecule has 3 saturated heterocycles. The first-order valence-corrected chi connectivity index (χ1v) is 11.6. The van der Waals surface area contributed by atoms with Crippen molar-refractivity contribution < 1.29 is 28.3 Å². The number of nitriles is 1. The number of benzene rings is 1. The van der Waals surface area contributed by atoms with Crippen molar-refractivity contribution in [1.29, 1.82) is 5.26 Å². The molecule has 3 aliphatic heterocycles. The van der Waals surface area contributed by atoms with Crippen LogP contribution in [0.15, 0.2) is 30.3 Å². The van der Waals surface area contributed by atoms with E-state index in [0.717, 1.165) is 11.3 Å². The summed E-state index contributed by atoms with van der Waals surface area (Å²) >= 11 is 0. The third kappa shape index (κ3) is 4.62. The molecule has 0 aromatic heterocycles. The molecule has 1 aliphatic carbocycles.